The van der Waals surface area contributed by atoms with Gasteiger partial charge in [0.05, 0.1) is 16.1 Å². The second-order valence-corrected chi connectivity index (χ2v) is 10.6. The summed E-state index contributed by atoms with van der Waals surface area (Å²) in [5, 5.41) is 0.937. The molecule has 27 heavy (non-hydrogen) atoms. The second-order valence-electron chi connectivity index (χ2n) is 9.43. The van der Waals surface area contributed by atoms with E-state index < -0.39 is 0 Å². The van der Waals surface area contributed by atoms with Crippen molar-refractivity contribution in [1.82, 2.24) is 14.8 Å². The maximum atomic E-state index is 13.5. The quantitative estimate of drug-likeness (QED) is 0.783. The Morgan fingerprint density at radius 2 is 1.44 bits per heavy atom. The zero-order chi connectivity index (χ0) is 18.8. The van der Waals surface area contributed by atoms with E-state index in [1.165, 1.54) is 30.6 Å². The zero-order valence-corrected chi connectivity index (χ0v) is 17.2. The highest BCUT2D eigenvalue weighted by atomic mass is 32.1. The highest BCUT2D eigenvalue weighted by molar-refractivity contribution is 7.13. The van der Waals surface area contributed by atoms with Crippen LogP contribution in [0, 0.1) is 37.0 Å². The highest BCUT2D eigenvalue weighted by Crippen LogP contribution is 2.60. The molecule has 0 radical (unpaired) electrons. The van der Waals surface area contributed by atoms with Crippen LogP contribution in [0.1, 0.15) is 58.9 Å². The lowest BCUT2D eigenvalue weighted by Crippen LogP contribution is -2.58. The Bertz CT molecular complexity index is 743. The smallest absolute Gasteiger partial charge is 0.265 e. The molecule has 5 nitrogen and oxygen atoms in total. The Labute approximate surface area is 165 Å². The lowest BCUT2D eigenvalue weighted by atomic mass is 9.49. The Morgan fingerprint density at radius 1 is 0.926 bits per heavy atom. The summed E-state index contributed by atoms with van der Waals surface area (Å²) < 4.78 is 0. The molecule has 4 aliphatic carbocycles. The first-order valence-electron chi connectivity index (χ1n) is 10.5. The van der Waals surface area contributed by atoms with Gasteiger partial charge in [-0.2, -0.15) is 0 Å². The molecule has 0 aromatic carbocycles. The Hall–Kier alpha value is -1.43. The molecule has 5 fully saturated rings. The molecule has 1 aromatic rings. The normalized spacial score (nSPS) is 35.0. The van der Waals surface area contributed by atoms with Crippen molar-refractivity contribution in [3.8, 4) is 0 Å². The largest absolute Gasteiger partial charge is 0.339 e. The summed E-state index contributed by atoms with van der Waals surface area (Å²) >= 11 is 1.48. The zero-order valence-electron chi connectivity index (χ0n) is 16.4. The maximum absolute atomic E-state index is 13.5. The van der Waals surface area contributed by atoms with E-state index in [-0.39, 0.29) is 11.3 Å². The van der Waals surface area contributed by atoms with Gasteiger partial charge in [-0.25, -0.2) is 4.98 Å². The number of carbonyl (C=O) groups excluding carboxylic acids is 2. The Kier molecular flexibility index (Phi) is 4.12. The predicted octanol–water partition coefficient (Wildman–Crippen LogP) is 3.26. The van der Waals surface area contributed by atoms with Crippen molar-refractivity contribution in [3.63, 3.8) is 0 Å². The van der Waals surface area contributed by atoms with Gasteiger partial charge in [0.15, 0.2) is 0 Å². The van der Waals surface area contributed by atoms with Crippen molar-refractivity contribution in [2.24, 2.45) is 23.2 Å². The molecule has 6 rings (SSSR count). The van der Waals surface area contributed by atoms with Gasteiger partial charge < -0.3 is 9.80 Å². The number of carbonyl (C=O) groups is 2. The van der Waals surface area contributed by atoms with Crippen molar-refractivity contribution >= 4 is 23.2 Å². The van der Waals surface area contributed by atoms with Crippen LogP contribution in [0.2, 0.25) is 0 Å². The van der Waals surface area contributed by atoms with E-state index in [0.717, 1.165) is 52.6 Å². The molecule has 1 saturated heterocycles. The van der Waals surface area contributed by atoms with Gasteiger partial charge in [-0.3, -0.25) is 9.59 Å². The molecule has 0 N–H and O–H groups in total. The molecule has 1 aromatic heterocycles. The summed E-state index contributed by atoms with van der Waals surface area (Å²) in [6, 6.07) is 0. The van der Waals surface area contributed by atoms with E-state index in [4.69, 9.17) is 0 Å². The molecule has 0 spiro atoms. The first-order valence-corrected chi connectivity index (χ1v) is 11.3. The number of thiazole rings is 1. The SMILES string of the molecule is Cc1nc(C)c(C(=O)N2CCN(C(=O)C34CC5CC(CC(C5)C3)C4)CC2)s1. The number of aryl methyl sites for hydroxylation is 2. The third-order valence-electron chi connectivity index (χ3n) is 7.44. The van der Waals surface area contributed by atoms with E-state index >= 15 is 0 Å². The van der Waals surface area contributed by atoms with Crippen LogP contribution in [0.25, 0.3) is 0 Å². The molecule has 5 aliphatic rings. The lowest BCUT2D eigenvalue weighted by Gasteiger charge is -2.57. The summed E-state index contributed by atoms with van der Waals surface area (Å²) in [7, 11) is 0. The number of rotatable bonds is 2. The number of aromatic nitrogens is 1. The van der Waals surface area contributed by atoms with Gasteiger partial charge in [-0.1, -0.05) is 0 Å². The monoisotopic (exact) mass is 387 g/mol. The molecule has 1 aliphatic heterocycles. The summed E-state index contributed by atoms with van der Waals surface area (Å²) in [5.74, 6) is 2.86. The maximum Gasteiger partial charge on any atom is 0.265 e. The molecule has 2 amide bonds. The fraction of sp³-hybridized carbons (Fsp3) is 0.762. The van der Waals surface area contributed by atoms with Gasteiger partial charge in [0.2, 0.25) is 5.91 Å². The number of piperazine rings is 1. The first-order chi connectivity index (χ1) is 12.9. The second kappa shape index (κ2) is 6.29. The van der Waals surface area contributed by atoms with Crippen molar-refractivity contribution in [1.29, 1.82) is 0 Å². The van der Waals surface area contributed by atoms with Gasteiger partial charge in [0.1, 0.15) is 4.88 Å². The number of amides is 2. The van der Waals surface area contributed by atoms with Gasteiger partial charge in [0, 0.05) is 26.2 Å². The minimum Gasteiger partial charge on any atom is -0.339 e. The summed E-state index contributed by atoms with van der Waals surface area (Å²) in [5.41, 5.74) is 0.765. The molecular weight excluding hydrogens is 358 g/mol. The minimum atomic E-state index is -0.0632. The minimum absolute atomic E-state index is 0.0632. The molecule has 6 heteroatoms. The fourth-order valence-corrected chi connectivity index (χ4v) is 7.58. The highest BCUT2D eigenvalue weighted by Gasteiger charge is 2.55. The summed E-state index contributed by atoms with van der Waals surface area (Å²) in [6.45, 7) is 6.51. The number of nitrogens with zero attached hydrogens (tertiary/aromatic N) is 3. The van der Waals surface area contributed by atoms with Crippen LogP contribution >= 0.6 is 11.3 Å². The predicted molar refractivity (Wildman–Crippen MR) is 105 cm³/mol. The van der Waals surface area contributed by atoms with Crippen LogP contribution < -0.4 is 0 Å². The van der Waals surface area contributed by atoms with Gasteiger partial charge in [-0.15, -0.1) is 11.3 Å². The topological polar surface area (TPSA) is 53.5 Å². The molecular formula is C21H29N3O2S. The van der Waals surface area contributed by atoms with Crippen molar-refractivity contribution in [2.75, 3.05) is 26.2 Å². The Morgan fingerprint density at radius 3 is 1.93 bits per heavy atom. The van der Waals surface area contributed by atoms with Crippen LogP contribution in [-0.4, -0.2) is 52.8 Å². The fourth-order valence-electron chi connectivity index (χ4n) is 6.69. The van der Waals surface area contributed by atoms with E-state index in [0.29, 0.717) is 32.1 Å². The molecule has 4 bridgehead atoms. The van der Waals surface area contributed by atoms with Crippen LogP contribution in [0.15, 0.2) is 0 Å². The first kappa shape index (κ1) is 17.7. The third-order valence-corrected chi connectivity index (χ3v) is 8.50. The molecule has 146 valence electrons. The van der Waals surface area contributed by atoms with Gasteiger partial charge >= 0.3 is 0 Å². The standard InChI is InChI=1S/C21H29N3O2S/c1-13-18(27-14(2)22-13)19(25)23-3-5-24(6-4-23)20(26)21-10-15-7-16(11-21)9-17(8-15)12-21/h15-17H,3-12H2,1-2H3. The van der Waals surface area contributed by atoms with E-state index in [1.54, 1.807) is 0 Å². The molecule has 4 saturated carbocycles. The van der Waals surface area contributed by atoms with E-state index in [9.17, 15) is 9.59 Å². The van der Waals surface area contributed by atoms with Gasteiger partial charge in [-0.05, 0) is 70.1 Å². The average Bonchev–Trinajstić information content (AvgIpc) is 2.98. The van der Waals surface area contributed by atoms with Crippen molar-refractivity contribution in [2.45, 2.75) is 52.4 Å². The van der Waals surface area contributed by atoms with Gasteiger partial charge in [0.25, 0.3) is 5.91 Å². The van der Waals surface area contributed by atoms with Crippen molar-refractivity contribution < 1.29 is 9.59 Å². The van der Waals surface area contributed by atoms with Crippen LogP contribution in [0.4, 0.5) is 0 Å². The molecule has 0 unspecified atom stereocenters. The number of hydrogen-bond donors (Lipinski definition) is 0. The molecule has 0 atom stereocenters. The number of hydrogen-bond acceptors (Lipinski definition) is 4. The van der Waals surface area contributed by atoms with Crippen molar-refractivity contribution in [3.05, 3.63) is 15.6 Å². The Balaban J connectivity index is 1.25. The summed E-state index contributed by atoms with van der Waals surface area (Å²) in [6.07, 6.45) is 7.45. The summed E-state index contributed by atoms with van der Waals surface area (Å²) in [4.78, 5) is 35.4. The average molecular weight is 388 g/mol. The third kappa shape index (κ3) is 2.91. The van der Waals surface area contributed by atoms with Crippen LogP contribution in [-0.2, 0) is 4.79 Å². The lowest BCUT2D eigenvalue weighted by molar-refractivity contribution is -0.159. The van der Waals surface area contributed by atoms with E-state index in [2.05, 4.69) is 9.88 Å². The van der Waals surface area contributed by atoms with Crippen LogP contribution in [0.3, 0.4) is 0 Å². The van der Waals surface area contributed by atoms with Crippen LogP contribution in [0.5, 0.6) is 0 Å². The molecule has 2 heterocycles. The van der Waals surface area contributed by atoms with E-state index in [1.807, 2.05) is 18.7 Å².